The highest BCUT2D eigenvalue weighted by Gasteiger charge is 2.23. The molecule has 1 aromatic rings. The van der Waals surface area contributed by atoms with Gasteiger partial charge in [0.2, 0.25) is 0 Å². The van der Waals surface area contributed by atoms with E-state index >= 15 is 0 Å². The van der Waals surface area contributed by atoms with Gasteiger partial charge in [0.25, 0.3) is 0 Å². The number of nitrogens with zero attached hydrogens (tertiary/aromatic N) is 1. The van der Waals surface area contributed by atoms with E-state index in [1.54, 1.807) is 0 Å². The van der Waals surface area contributed by atoms with Gasteiger partial charge in [-0.05, 0) is 44.1 Å². The Bertz CT molecular complexity index is 402. The first kappa shape index (κ1) is 10.7. The first-order valence-electron chi connectivity index (χ1n) is 6.34. The van der Waals surface area contributed by atoms with E-state index in [-0.39, 0.29) is 6.10 Å². The lowest BCUT2D eigenvalue weighted by atomic mass is 10.2. The highest BCUT2D eigenvalue weighted by atomic mass is 16.5. The third-order valence-corrected chi connectivity index (χ3v) is 3.48. The number of fused-ring (bicyclic) bond motifs is 1. The van der Waals surface area contributed by atoms with Crippen LogP contribution in [-0.2, 0) is 0 Å². The van der Waals surface area contributed by atoms with E-state index in [1.807, 2.05) is 18.2 Å². The van der Waals surface area contributed by atoms with Gasteiger partial charge in [-0.3, -0.25) is 4.90 Å². The Kier molecular flexibility index (Phi) is 2.81. The van der Waals surface area contributed by atoms with Crippen molar-refractivity contribution >= 4 is 11.4 Å². The Morgan fingerprint density at radius 3 is 3.00 bits per heavy atom. The van der Waals surface area contributed by atoms with E-state index in [9.17, 15) is 0 Å². The fourth-order valence-electron chi connectivity index (χ4n) is 2.59. The van der Waals surface area contributed by atoms with Crippen molar-refractivity contribution in [2.45, 2.75) is 18.9 Å². The Balaban J connectivity index is 1.65. The molecule has 3 rings (SSSR count). The van der Waals surface area contributed by atoms with Gasteiger partial charge in [0.1, 0.15) is 11.9 Å². The van der Waals surface area contributed by atoms with Gasteiger partial charge >= 0.3 is 0 Å². The monoisotopic (exact) mass is 233 g/mol. The minimum absolute atomic E-state index is 0.254. The zero-order valence-electron chi connectivity index (χ0n) is 9.98. The number of hydrogen-bond donors (Lipinski definition) is 2. The molecule has 0 spiro atoms. The second-order valence-electron chi connectivity index (χ2n) is 4.88. The van der Waals surface area contributed by atoms with E-state index in [2.05, 4.69) is 10.2 Å². The van der Waals surface area contributed by atoms with Crippen molar-refractivity contribution in [3.05, 3.63) is 18.2 Å². The summed E-state index contributed by atoms with van der Waals surface area (Å²) in [6.07, 6.45) is 2.91. The second kappa shape index (κ2) is 4.45. The number of nitrogens with two attached hydrogens (primary N) is 1. The van der Waals surface area contributed by atoms with Gasteiger partial charge in [0.15, 0.2) is 0 Å². The summed E-state index contributed by atoms with van der Waals surface area (Å²) in [5.74, 6) is 0.926. The molecule has 92 valence electrons. The molecule has 2 heterocycles. The summed E-state index contributed by atoms with van der Waals surface area (Å²) in [5, 5.41) is 3.40. The molecule has 4 heteroatoms. The van der Waals surface area contributed by atoms with Crippen molar-refractivity contribution < 1.29 is 4.74 Å². The minimum atomic E-state index is 0.254. The highest BCUT2D eigenvalue weighted by molar-refractivity contribution is 5.64. The van der Waals surface area contributed by atoms with E-state index in [0.29, 0.717) is 0 Å². The fraction of sp³-hybridized carbons (Fsp3) is 0.538. The van der Waals surface area contributed by atoms with Crippen LogP contribution in [0.2, 0.25) is 0 Å². The molecule has 1 saturated heterocycles. The molecular formula is C13H19N3O. The van der Waals surface area contributed by atoms with Crippen molar-refractivity contribution in [3.8, 4) is 5.75 Å². The van der Waals surface area contributed by atoms with Crippen molar-refractivity contribution in [2.24, 2.45) is 0 Å². The molecule has 3 N–H and O–H groups in total. The van der Waals surface area contributed by atoms with Crippen LogP contribution in [-0.4, -0.2) is 37.2 Å². The molecule has 0 saturated carbocycles. The fourth-order valence-corrected chi connectivity index (χ4v) is 2.59. The number of nitrogens with one attached hydrogen (secondary N) is 1. The molecule has 1 aromatic carbocycles. The number of ether oxygens (including phenoxy) is 1. The summed E-state index contributed by atoms with van der Waals surface area (Å²) in [6.45, 7) is 4.33. The quantitative estimate of drug-likeness (QED) is 0.761. The van der Waals surface area contributed by atoms with Crippen LogP contribution >= 0.6 is 0 Å². The first-order chi connectivity index (χ1) is 8.31. The summed E-state index contributed by atoms with van der Waals surface area (Å²) < 4.78 is 5.99. The number of anilines is 2. The Labute approximate surface area is 102 Å². The van der Waals surface area contributed by atoms with Gasteiger partial charge in [-0.2, -0.15) is 0 Å². The largest absolute Gasteiger partial charge is 0.485 e. The van der Waals surface area contributed by atoms with Crippen molar-refractivity contribution in [1.29, 1.82) is 0 Å². The maximum atomic E-state index is 5.99. The molecule has 1 unspecified atom stereocenters. The third-order valence-electron chi connectivity index (χ3n) is 3.48. The maximum absolute atomic E-state index is 5.99. The number of nitrogen functional groups attached to an aromatic ring is 1. The normalized spacial score (nSPS) is 23.9. The standard InChI is InChI=1S/C13H19N3O/c14-10-3-4-13-12(7-10)15-8-11(17-13)9-16-5-1-2-6-16/h3-4,7,11,15H,1-2,5-6,8-9,14H2. The molecule has 1 atom stereocenters. The van der Waals surface area contributed by atoms with Crippen LogP contribution in [0.25, 0.3) is 0 Å². The summed E-state index contributed by atoms with van der Waals surface area (Å²) in [4.78, 5) is 2.48. The van der Waals surface area contributed by atoms with Gasteiger partial charge < -0.3 is 15.8 Å². The smallest absolute Gasteiger partial charge is 0.143 e. The lowest BCUT2D eigenvalue weighted by molar-refractivity contribution is 0.151. The average Bonchev–Trinajstić information content (AvgIpc) is 2.82. The van der Waals surface area contributed by atoms with Crippen LogP contribution in [0.5, 0.6) is 5.75 Å². The lowest BCUT2D eigenvalue weighted by Gasteiger charge is -2.30. The summed E-state index contributed by atoms with van der Waals surface area (Å²) >= 11 is 0. The molecule has 1 fully saturated rings. The highest BCUT2D eigenvalue weighted by Crippen LogP contribution is 2.31. The molecule has 0 radical (unpaired) electrons. The maximum Gasteiger partial charge on any atom is 0.143 e. The zero-order valence-corrected chi connectivity index (χ0v) is 9.98. The molecule has 0 amide bonds. The van der Waals surface area contributed by atoms with Crippen LogP contribution in [0, 0.1) is 0 Å². The number of likely N-dealkylation sites (tertiary alicyclic amines) is 1. The minimum Gasteiger partial charge on any atom is -0.485 e. The zero-order chi connectivity index (χ0) is 11.7. The van der Waals surface area contributed by atoms with Gasteiger partial charge in [-0.15, -0.1) is 0 Å². The molecule has 0 aromatic heterocycles. The van der Waals surface area contributed by atoms with Gasteiger partial charge in [0.05, 0.1) is 12.2 Å². The van der Waals surface area contributed by atoms with E-state index in [4.69, 9.17) is 10.5 Å². The second-order valence-corrected chi connectivity index (χ2v) is 4.88. The number of benzene rings is 1. The SMILES string of the molecule is Nc1ccc2c(c1)NCC(CN1CCCC1)O2. The van der Waals surface area contributed by atoms with Crippen molar-refractivity contribution in [3.63, 3.8) is 0 Å². The van der Waals surface area contributed by atoms with E-state index in [0.717, 1.165) is 30.2 Å². The Morgan fingerprint density at radius 1 is 1.35 bits per heavy atom. The summed E-state index contributed by atoms with van der Waals surface area (Å²) in [5.41, 5.74) is 7.54. The molecule has 4 nitrogen and oxygen atoms in total. The van der Waals surface area contributed by atoms with Crippen LogP contribution in [0.3, 0.4) is 0 Å². The molecule has 0 aliphatic carbocycles. The lowest BCUT2D eigenvalue weighted by Crippen LogP contribution is -2.40. The predicted octanol–water partition coefficient (Wildman–Crippen LogP) is 1.54. The van der Waals surface area contributed by atoms with Crippen LogP contribution in [0.15, 0.2) is 18.2 Å². The van der Waals surface area contributed by atoms with Crippen LogP contribution < -0.4 is 15.8 Å². The van der Waals surface area contributed by atoms with Gasteiger partial charge in [-0.25, -0.2) is 0 Å². The van der Waals surface area contributed by atoms with E-state index < -0.39 is 0 Å². The number of hydrogen-bond acceptors (Lipinski definition) is 4. The molecule has 2 aliphatic heterocycles. The molecule has 17 heavy (non-hydrogen) atoms. The predicted molar refractivity (Wildman–Crippen MR) is 69.4 cm³/mol. The van der Waals surface area contributed by atoms with Gasteiger partial charge in [-0.1, -0.05) is 0 Å². The first-order valence-corrected chi connectivity index (χ1v) is 6.34. The van der Waals surface area contributed by atoms with Crippen molar-refractivity contribution in [1.82, 2.24) is 4.90 Å². The Hall–Kier alpha value is -1.42. The van der Waals surface area contributed by atoms with Crippen LogP contribution in [0.4, 0.5) is 11.4 Å². The molecule has 2 aliphatic rings. The Morgan fingerprint density at radius 2 is 2.18 bits per heavy atom. The van der Waals surface area contributed by atoms with Gasteiger partial charge in [0, 0.05) is 12.2 Å². The average molecular weight is 233 g/mol. The number of rotatable bonds is 2. The van der Waals surface area contributed by atoms with Crippen LogP contribution in [0.1, 0.15) is 12.8 Å². The molecular weight excluding hydrogens is 214 g/mol. The summed E-state index contributed by atoms with van der Waals surface area (Å²) in [6, 6.07) is 5.77. The summed E-state index contributed by atoms with van der Waals surface area (Å²) in [7, 11) is 0. The molecule has 0 bridgehead atoms. The van der Waals surface area contributed by atoms with Crippen molar-refractivity contribution in [2.75, 3.05) is 37.2 Å². The topological polar surface area (TPSA) is 50.5 Å². The van der Waals surface area contributed by atoms with E-state index in [1.165, 1.54) is 25.9 Å². The third kappa shape index (κ3) is 2.31.